The Morgan fingerprint density at radius 3 is 2.62 bits per heavy atom. The van der Waals surface area contributed by atoms with Gasteiger partial charge in [0.05, 0.1) is 0 Å². The van der Waals surface area contributed by atoms with Gasteiger partial charge >= 0.3 is 0 Å². The quantitative estimate of drug-likeness (QED) is 0.855. The van der Waals surface area contributed by atoms with Crippen molar-refractivity contribution in [1.82, 2.24) is 9.97 Å². The number of nitrogens with zero attached hydrogens (tertiary/aromatic N) is 2. The van der Waals surface area contributed by atoms with E-state index in [1.54, 1.807) is 30.6 Å². The van der Waals surface area contributed by atoms with E-state index < -0.39 is 6.10 Å². The molecule has 0 bridgehead atoms. The highest BCUT2D eigenvalue weighted by Gasteiger charge is 2.10. The van der Waals surface area contributed by atoms with Gasteiger partial charge in [-0.2, -0.15) is 0 Å². The molecule has 0 amide bonds. The fourth-order valence-corrected chi connectivity index (χ4v) is 1.46. The molecule has 1 unspecified atom stereocenters. The predicted molar refractivity (Wildman–Crippen MR) is 57.1 cm³/mol. The molecule has 4 heteroatoms. The van der Waals surface area contributed by atoms with Crippen molar-refractivity contribution < 1.29 is 9.50 Å². The third-order valence-corrected chi connectivity index (χ3v) is 2.20. The summed E-state index contributed by atoms with van der Waals surface area (Å²) in [6.45, 7) is 0. The summed E-state index contributed by atoms with van der Waals surface area (Å²) in [5.74, 6) is 0.0467. The van der Waals surface area contributed by atoms with Crippen molar-refractivity contribution >= 4 is 0 Å². The van der Waals surface area contributed by atoms with E-state index in [2.05, 4.69) is 9.97 Å². The van der Waals surface area contributed by atoms with Crippen molar-refractivity contribution in [2.24, 2.45) is 0 Å². The van der Waals surface area contributed by atoms with Gasteiger partial charge in [-0.15, -0.1) is 0 Å². The van der Waals surface area contributed by atoms with E-state index >= 15 is 0 Å². The van der Waals surface area contributed by atoms with Gasteiger partial charge < -0.3 is 5.11 Å². The SMILES string of the molecule is OC(Cc1cccc(F)c1)c1ncccn1. The number of benzene rings is 1. The Hall–Kier alpha value is -1.81. The molecule has 2 aromatic rings. The lowest BCUT2D eigenvalue weighted by Gasteiger charge is -2.08. The van der Waals surface area contributed by atoms with Crippen LogP contribution in [0.3, 0.4) is 0 Å². The largest absolute Gasteiger partial charge is 0.385 e. The van der Waals surface area contributed by atoms with Crippen LogP contribution in [-0.4, -0.2) is 15.1 Å². The van der Waals surface area contributed by atoms with Crippen LogP contribution in [0.25, 0.3) is 0 Å². The van der Waals surface area contributed by atoms with Crippen molar-refractivity contribution in [2.75, 3.05) is 0 Å². The third kappa shape index (κ3) is 2.61. The minimum Gasteiger partial charge on any atom is -0.385 e. The van der Waals surface area contributed by atoms with Crippen LogP contribution in [0.2, 0.25) is 0 Å². The molecule has 0 aliphatic carbocycles. The number of aliphatic hydroxyl groups excluding tert-OH is 1. The van der Waals surface area contributed by atoms with E-state index in [1.165, 1.54) is 12.1 Å². The number of halogens is 1. The standard InChI is InChI=1S/C12H11FN2O/c13-10-4-1-3-9(7-10)8-11(16)12-14-5-2-6-15-12/h1-7,11,16H,8H2. The zero-order valence-corrected chi connectivity index (χ0v) is 8.55. The molecule has 1 aromatic carbocycles. The van der Waals surface area contributed by atoms with Gasteiger partial charge in [-0.3, -0.25) is 0 Å². The van der Waals surface area contributed by atoms with Crippen LogP contribution in [0.1, 0.15) is 17.5 Å². The Morgan fingerprint density at radius 2 is 1.94 bits per heavy atom. The van der Waals surface area contributed by atoms with E-state index in [0.717, 1.165) is 5.56 Å². The lowest BCUT2D eigenvalue weighted by Crippen LogP contribution is -2.06. The molecule has 0 aliphatic heterocycles. The fraction of sp³-hybridized carbons (Fsp3) is 0.167. The minimum atomic E-state index is -0.803. The average Bonchev–Trinajstić information content (AvgIpc) is 2.30. The van der Waals surface area contributed by atoms with Gasteiger partial charge in [0.2, 0.25) is 0 Å². The zero-order valence-electron chi connectivity index (χ0n) is 8.55. The summed E-state index contributed by atoms with van der Waals surface area (Å²) < 4.78 is 12.9. The summed E-state index contributed by atoms with van der Waals surface area (Å²) >= 11 is 0. The molecule has 3 nitrogen and oxygen atoms in total. The second-order valence-electron chi connectivity index (χ2n) is 3.46. The zero-order chi connectivity index (χ0) is 11.4. The van der Waals surface area contributed by atoms with Gasteiger partial charge in [0.15, 0.2) is 5.82 Å². The Bertz CT molecular complexity index is 462. The first kappa shape index (κ1) is 10.7. The van der Waals surface area contributed by atoms with Gasteiger partial charge in [0.1, 0.15) is 11.9 Å². The topological polar surface area (TPSA) is 46.0 Å². The first-order chi connectivity index (χ1) is 7.75. The fourth-order valence-electron chi connectivity index (χ4n) is 1.46. The number of rotatable bonds is 3. The number of aliphatic hydroxyl groups is 1. The Labute approximate surface area is 92.6 Å². The molecule has 0 aliphatic rings. The summed E-state index contributed by atoms with van der Waals surface area (Å²) in [7, 11) is 0. The molecule has 1 N–H and O–H groups in total. The van der Waals surface area contributed by atoms with Crippen LogP contribution in [0, 0.1) is 5.82 Å². The second-order valence-corrected chi connectivity index (χ2v) is 3.46. The maximum absolute atomic E-state index is 12.9. The first-order valence-electron chi connectivity index (χ1n) is 4.95. The molecule has 1 atom stereocenters. The average molecular weight is 218 g/mol. The van der Waals surface area contributed by atoms with Crippen LogP contribution >= 0.6 is 0 Å². The first-order valence-corrected chi connectivity index (χ1v) is 4.95. The van der Waals surface area contributed by atoms with E-state index in [0.29, 0.717) is 12.2 Å². The normalized spacial score (nSPS) is 12.4. The molecular formula is C12H11FN2O. The highest BCUT2D eigenvalue weighted by molar-refractivity contribution is 5.18. The Kier molecular flexibility index (Phi) is 3.22. The Morgan fingerprint density at radius 1 is 1.19 bits per heavy atom. The summed E-state index contributed by atoms with van der Waals surface area (Å²) in [5.41, 5.74) is 0.722. The van der Waals surface area contributed by atoms with Gasteiger partial charge in [0.25, 0.3) is 0 Å². The second kappa shape index (κ2) is 4.81. The van der Waals surface area contributed by atoms with E-state index in [9.17, 15) is 9.50 Å². The summed E-state index contributed by atoms with van der Waals surface area (Å²) in [5, 5.41) is 9.82. The lowest BCUT2D eigenvalue weighted by atomic mass is 10.1. The molecule has 1 aromatic heterocycles. The summed E-state index contributed by atoms with van der Waals surface area (Å²) in [6, 6.07) is 7.82. The highest BCUT2D eigenvalue weighted by Crippen LogP contribution is 2.14. The Balaban J connectivity index is 2.11. The molecule has 1 heterocycles. The maximum atomic E-state index is 12.9. The van der Waals surface area contributed by atoms with E-state index in [-0.39, 0.29) is 5.82 Å². The van der Waals surface area contributed by atoms with E-state index in [1.807, 2.05) is 0 Å². The third-order valence-electron chi connectivity index (χ3n) is 2.20. The van der Waals surface area contributed by atoms with Crippen molar-refractivity contribution in [1.29, 1.82) is 0 Å². The van der Waals surface area contributed by atoms with Crippen LogP contribution in [0.5, 0.6) is 0 Å². The van der Waals surface area contributed by atoms with Crippen molar-refractivity contribution in [2.45, 2.75) is 12.5 Å². The molecule has 2 rings (SSSR count). The molecular weight excluding hydrogens is 207 g/mol. The lowest BCUT2D eigenvalue weighted by molar-refractivity contribution is 0.168. The summed E-state index contributed by atoms with van der Waals surface area (Å²) in [4.78, 5) is 7.88. The van der Waals surface area contributed by atoms with Crippen LogP contribution < -0.4 is 0 Å². The van der Waals surface area contributed by atoms with Crippen molar-refractivity contribution in [3.05, 3.63) is 59.9 Å². The molecule has 82 valence electrons. The highest BCUT2D eigenvalue weighted by atomic mass is 19.1. The molecule has 0 radical (unpaired) electrons. The maximum Gasteiger partial charge on any atom is 0.157 e. The van der Waals surface area contributed by atoms with Crippen molar-refractivity contribution in [3.8, 4) is 0 Å². The molecule has 16 heavy (non-hydrogen) atoms. The summed E-state index contributed by atoms with van der Waals surface area (Å²) in [6.07, 6.45) is 2.64. The monoisotopic (exact) mass is 218 g/mol. The smallest absolute Gasteiger partial charge is 0.157 e. The molecule has 0 saturated heterocycles. The number of hydrogen-bond acceptors (Lipinski definition) is 3. The molecule has 0 fully saturated rings. The van der Waals surface area contributed by atoms with E-state index in [4.69, 9.17) is 0 Å². The molecule has 0 saturated carbocycles. The predicted octanol–water partition coefficient (Wildman–Crippen LogP) is 1.89. The van der Waals surface area contributed by atoms with Gasteiger partial charge in [-0.1, -0.05) is 12.1 Å². The number of hydrogen-bond donors (Lipinski definition) is 1. The van der Waals surface area contributed by atoms with Crippen LogP contribution in [-0.2, 0) is 6.42 Å². The number of aromatic nitrogens is 2. The van der Waals surface area contributed by atoms with Crippen molar-refractivity contribution in [3.63, 3.8) is 0 Å². The van der Waals surface area contributed by atoms with Gasteiger partial charge in [-0.05, 0) is 23.8 Å². The van der Waals surface area contributed by atoms with Gasteiger partial charge in [0, 0.05) is 18.8 Å². The van der Waals surface area contributed by atoms with Crippen LogP contribution in [0.4, 0.5) is 4.39 Å². The minimum absolute atomic E-state index is 0.307. The van der Waals surface area contributed by atoms with Crippen LogP contribution in [0.15, 0.2) is 42.7 Å². The molecule has 0 spiro atoms. The van der Waals surface area contributed by atoms with Gasteiger partial charge in [-0.25, -0.2) is 14.4 Å².